The molecule has 0 saturated heterocycles. The van der Waals surface area contributed by atoms with Gasteiger partial charge in [0.2, 0.25) is 11.8 Å². The molecular weight excluding hydrogens is 666 g/mol. The molecule has 0 aliphatic heterocycles. The van der Waals surface area contributed by atoms with Crippen molar-refractivity contribution in [2.24, 2.45) is 11.8 Å². The van der Waals surface area contributed by atoms with E-state index in [2.05, 4.69) is 21.3 Å². The van der Waals surface area contributed by atoms with Crippen LogP contribution in [0.25, 0.3) is 0 Å². The van der Waals surface area contributed by atoms with Crippen LogP contribution in [-0.4, -0.2) is 23.6 Å². The number of carbonyl (C=O) groups is 4. The number of carbonyl (C=O) groups excluding carboxylic acids is 4. The van der Waals surface area contributed by atoms with Crippen molar-refractivity contribution >= 4 is 46.4 Å². The molecule has 0 aromatic heterocycles. The Labute approximate surface area is 282 Å². The number of halogens is 6. The first kappa shape index (κ1) is 35.6. The van der Waals surface area contributed by atoms with Gasteiger partial charge in [-0.15, -0.1) is 0 Å². The number of amides is 4. The lowest BCUT2D eigenvalue weighted by atomic mass is 9.81. The molecule has 0 bridgehead atoms. The molecule has 5 rings (SSSR count). The van der Waals surface area contributed by atoms with Gasteiger partial charge >= 0.3 is 12.4 Å². The Morgan fingerprint density at radius 1 is 0.460 bits per heavy atom. The molecule has 8 nitrogen and oxygen atoms in total. The number of hydrogen-bond acceptors (Lipinski definition) is 4. The first-order valence-corrected chi connectivity index (χ1v) is 15.4. The molecule has 0 radical (unpaired) electrons. The van der Waals surface area contributed by atoms with E-state index in [1.54, 1.807) is 12.1 Å². The fourth-order valence-corrected chi connectivity index (χ4v) is 5.54. The Balaban J connectivity index is 1.11. The summed E-state index contributed by atoms with van der Waals surface area (Å²) in [6.07, 6.45) is -7.53. The van der Waals surface area contributed by atoms with Crippen molar-refractivity contribution in [2.75, 3.05) is 21.3 Å². The molecule has 50 heavy (non-hydrogen) atoms. The molecule has 14 heteroatoms. The lowest BCUT2D eigenvalue weighted by molar-refractivity contribution is -0.138. The summed E-state index contributed by atoms with van der Waals surface area (Å²) in [6, 6.07) is 20.4. The van der Waals surface area contributed by atoms with Gasteiger partial charge in [0.25, 0.3) is 11.8 Å². The van der Waals surface area contributed by atoms with Crippen molar-refractivity contribution < 1.29 is 45.5 Å². The van der Waals surface area contributed by atoms with Gasteiger partial charge in [-0.25, -0.2) is 0 Å². The Morgan fingerprint density at radius 3 is 1.12 bits per heavy atom. The molecule has 4 aromatic rings. The maximum atomic E-state index is 13.0. The molecule has 1 saturated carbocycles. The summed E-state index contributed by atoms with van der Waals surface area (Å²) >= 11 is 0. The molecule has 0 heterocycles. The minimum Gasteiger partial charge on any atom is -0.326 e. The van der Waals surface area contributed by atoms with Crippen LogP contribution in [0, 0.1) is 11.8 Å². The van der Waals surface area contributed by atoms with E-state index < -0.39 is 47.1 Å². The van der Waals surface area contributed by atoms with E-state index in [-0.39, 0.29) is 34.3 Å². The van der Waals surface area contributed by atoms with E-state index in [0.717, 1.165) is 24.3 Å². The van der Waals surface area contributed by atoms with Crippen molar-refractivity contribution in [3.8, 4) is 0 Å². The predicted molar refractivity (Wildman–Crippen MR) is 174 cm³/mol. The van der Waals surface area contributed by atoms with Crippen LogP contribution in [0.5, 0.6) is 0 Å². The van der Waals surface area contributed by atoms with Gasteiger partial charge in [-0.3, -0.25) is 19.2 Å². The second-order valence-electron chi connectivity index (χ2n) is 11.8. The van der Waals surface area contributed by atoms with Gasteiger partial charge in [0, 0.05) is 45.7 Å². The maximum absolute atomic E-state index is 13.0. The average Bonchev–Trinajstić information content (AvgIpc) is 3.08. The standard InChI is InChI=1S/C36H30F6N4O4/c37-35(38,39)25-7-3-11-29(19-25)45-33(49)23-5-1-9-27(17-23)43-31(47)21-13-15-22(16-14-21)32(48)44-28-10-2-6-24(18-28)34(50)46-30-12-4-8-26(20-30)36(40,41)42/h1-12,17-22H,13-16H2,(H,43,47)(H,44,48)(H,45,49)(H,46,50). The van der Waals surface area contributed by atoms with Crippen molar-refractivity contribution in [3.63, 3.8) is 0 Å². The lowest BCUT2D eigenvalue weighted by Gasteiger charge is -2.27. The summed E-state index contributed by atoms with van der Waals surface area (Å²) in [4.78, 5) is 51.5. The molecule has 1 aliphatic rings. The van der Waals surface area contributed by atoms with Crippen LogP contribution in [0.2, 0.25) is 0 Å². The van der Waals surface area contributed by atoms with Crippen LogP contribution < -0.4 is 21.3 Å². The molecule has 0 unspecified atom stereocenters. The predicted octanol–water partition coefficient (Wildman–Crippen LogP) is 8.61. The van der Waals surface area contributed by atoms with Gasteiger partial charge in [-0.2, -0.15) is 26.3 Å². The van der Waals surface area contributed by atoms with E-state index in [9.17, 15) is 45.5 Å². The molecule has 4 aromatic carbocycles. The molecule has 4 amide bonds. The fraction of sp³-hybridized carbons (Fsp3) is 0.222. The average molecular weight is 697 g/mol. The number of anilines is 4. The summed E-state index contributed by atoms with van der Waals surface area (Å²) < 4.78 is 78.2. The minimum atomic E-state index is -4.57. The first-order valence-electron chi connectivity index (χ1n) is 15.4. The SMILES string of the molecule is O=C(Nc1cccc(C(F)(F)F)c1)c1cccc(NC(=O)C2CCC(C(=O)Nc3cccc(C(=O)Nc4cccc(C(F)(F)F)c4)c3)CC2)c1. The monoisotopic (exact) mass is 696 g/mol. The van der Waals surface area contributed by atoms with Crippen molar-refractivity contribution in [1.82, 2.24) is 0 Å². The Morgan fingerprint density at radius 2 is 0.780 bits per heavy atom. The highest BCUT2D eigenvalue weighted by Crippen LogP contribution is 2.33. The molecular formula is C36H30F6N4O4. The molecule has 1 fully saturated rings. The van der Waals surface area contributed by atoms with Crippen LogP contribution in [0.15, 0.2) is 97.1 Å². The second-order valence-corrected chi connectivity index (χ2v) is 11.8. The third kappa shape index (κ3) is 9.27. The third-order valence-electron chi connectivity index (χ3n) is 8.15. The molecule has 4 N–H and O–H groups in total. The summed E-state index contributed by atoms with van der Waals surface area (Å²) in [5.74, 6) is -2.76. The van der Waals surface area contributed by atoms with Crippen LogP contribution in [0.1, 0.15) is 57.5 Å². The van der Waals surface area contributed by atoms with Crippen LogP contribution >= 0.6 is 0 Å². The topological polar surface area (TPSA) is 116 Å². The minimum absolute atomic E-state index is 0.0349. The Hall–Kier alpha value is -5.66. The maximum Gasteiger partial charge on any atom is 0.416 e. The van der Waals surface area contributed by atoms with E-state index in [4.69, 9.17) is 0 Å². The smallest absolute Gasteiger partial charge is 0.326 e. The zero-order valence-corrected chi connectivity index (χ0v) is 26.1. The van der Waals surface area contributed by atoms with Gasteiger partial charge < -0.3 is 21.3 Å². The first-order chi connectivity index (χ1) is 23.7. The molecule has 0 atom stereocenters. The molecule has 260 valence electrons. The highest BCUT2D eigenvalue weighted by Gasteiger charge is 2.32. The number of nitrogens with one attached hydrogen (secondary N) is 4. The van der Waals surface area contributed by atoms with Crippen molar-refractivity contribution in [1.29, 1.82) is 0 Å². The van der Waals surface area contributed by atoms with Crippen molar-refractivity contribution in [2.45, 2.75) is 38.0 Å². The largest absolute Gasteiger partial charge is 0.416 e. The normalized spacial score (nSPS) is 16.2. The summed E-state index contributed by atoms with van der Waals surface area (Å²) in [5.41, 5.74) is -0.989. The van der Waals surface area contributed by atoms with E-state index in [0.29, 0.717) is 37.1 Å². The Bertz CT molecular complexity index is 1760. The number of alkyl halides is 6. The zero-order chi connectivity index (χ0) is 36.1. The zero-order valence-electron chi connectivity index (χ0n) is 26.1. The summed E-state index contributed by atoms with van der Waals surface area (Å²) in [7, 11) is 0. The molecule has 0 spiro atoms. The van der Waals surface area contributed by atoms with Gasteiger partial charge in [0.1, 0.15) is 0 Å². The van der Waals surface area contributed by atoms with Crippen LogP contribution in [0.4, 0.5) is 49.1 Å². The quantitative estimate of drug-likeness (QED) is 0.138. The van der Waals surface area contributed by atoms with E-state index in [1.165, 1.54) is 60.7 Å². The van der Waals surface area contributed by atoms with E-state index >= 15 is 0 Å². The van der Waals surface area contributed by atoms with Gasteiger partial charge in [-0.05, 0) is 98.5 Å². The highest BCUT2D eigenvalue weighted by molar-refractivity contribution is 6.06. The highest BCUT2D eigenvalue weighted by atomic mass is 19.4. The van der Waals surface area contributed by atoms with E-state index in [1.807, 2.05) is 0 Å². The number of benzene rings is 4. The van der Waals surface area contributed by atoms with Crippen LogP contribution in [0.3, 0.4) is 0 Å². The van der Waals surface area contributed by atoms with Crippen LogP contribution in [-0.2, 0) is 21.9 Å². The summed E-state index contributed by atoms with van der Waals surface area (Å²) in [5, 5.41) is 10.4. The van der Waals surface area contributed by atoms with Gasteiger partial charge in [-0.1, -0.05) is 24.3 Å². The van der Waals surface area contributed by atoms with Gasteiger partial charge in [0.15, 0.2) is 0 Å². The number of rotatable bonds is 8. The fourth-order valence-electron chi connectivity index (χ4n) is 5.54. The third-order valence-corrected chi connectivity index (χ3v) is 8.15. The second kappa shape index (κ2) is 14.8. The van der Waals surface area contributed by atoms with Gasteiger partial charge in [0.05, 0.1) is 11.1 Å². The summed E-state index contributed by atoms with van der Waals surface area (Å²) in [6.45, 7) is 0. The lowest BCUT2D eigenvalue weighted by Crippen LogP contribution is -2.32. The van der Waals surface area contributed by atoms with Crippen molar-refractivity contribution in [3.05, 3.63) is 119 Å². The number of hydrogen-bond donors (Lipinski definition) is 4. The Kier molecular flexibility index (Phi) is 10.6. The molecule has 1 aliphatic carbocycles.